The topological polar surface area (TPSA) is 59.1 Å². The van der Waals surface area contributed by atoms with Gasteiger partial charge >= 0.3 is 0 Å². The van der Waals surface area contributed by atoms with E-state index in [2.05, 4.69) is 4.98 Å². The smallest absolute Gasteiger partial charge is 0.163 e. The van der Waals surface area contributed by atoms with Crippen molar-refractivity contribution in [3.8, 4) is 0 Å². The Morgan fingerprint density at radius 3 is 2.59 bits per heavy atom. The van der Waals surface area contributed by atoms with Crippen LogP contribution in [0.1, 0.15) is 20.8 Å². The molecule has 0 aliphatic rings. The van der Waals surface area contributed by atoms with Crippen molar-refractivity contribution in [2.75, 3.05) is 0 Å². The fourth-order valence-corrected chi connectivity index (χ4v) is 5.58. The Morgan fingerprint density at radius 2 is 2.00 bits per heavy atom. The molecule has 1 atom stereocenters. The molecule has 3 nitrogen and oxygen atoms in total. The van der Waals surface area contributed by atoms with Gasteiger partial charge in [0.05, 0.1) is 10.2 Å². The van der Waals surface area contributed by atoms with Crippen LogP contribution >= 0.6 is 31.7 Å². The Hall–Kier alpha value is -0.270. The first-order chi connectivity index (χ1) is 7.79. The summed E-state index contributed by atoms with van der Waals surface area (Å²) in [5.74, 6) is 0. The standard InChI is InChI=1S/C11H16N2OS3/c1-11(2,3)17(12,14)16-10-13-8-6-4-5-7-9(8)15-10/h4-7,14H,12H2,1-3H3. The number of thiazole rings is 1. The number of aromatic nitrogens is 1. The van der Waals surface area contributed by atoms with E-state index in [4.69, 9.17) is 5.14 Å². The lowest BCUT2D eigenvalue weighted by atomic mass is 10.3. The SMILES string of the molecule is CC(C)(C)S(N)(O)Sc1nc2ccccc2s1. The third-order valence-corrected chi connectivity index (χ3v) is 8.98. The Morgan fingerprint density at radius 1 is 1.35 bits per heavy atom. The molecule has 17 heavy (non-hydrogen) atoms. The first-order valence-corrected chi connectivity index (χ1v) is 8.98. The second-order valence-electron chi connectivity index (χ2n) is 4.71. The summed E-state index contributed by atoms with van der Waals surface area (Å²) < 4.78 is 12.0. The molecule has 0 fully saturated rings. The highest BCUT2D eigenvalue weighted by Gasteiger charge is 2.33. The average molecular weight is 288 g/mol. The Balaban J connectivity index is 2.30. The van der Waals surface area contributed by atoms with Gasteiger partial charge in [0.1, 0.15) is 0 Å². The monoisotopic (exact) mass is 288 g/mol. The average Bonchev–Trinajstić information content (AvgIpc) is 2.56. The van der Waals surface area contributed by atoms with Crippen LogP contribution in [0.5, 0.6) is 0 Å². The molecule has 3 N–H and O–H groups in total. The van der Waals surface area contributed by atoms with Crippen molar-refractivity contribution in [3.63, 3.8) is 0 Å². The van der Waals surface area contributed by atoms with Gasteiger partial charge in [-0.25, -0.2) is 4.98 Å². The number of para-hydroxylation sites is 1. The van der Waals surface area contributed by atoms with Gasteiger partial charge in [0.2, 0.25) is 0 Å². The molecule has 94 valence electrons. The van der Waals surface area contributed by atoms with E-state index < -0.39 is 9.53 Å². The second kappa shape index (κ2) is 4.44. The normalized spacial score (nSPS) is 17.9. The van der Waals surface area contributed by atoms with Crippen LogP contribution in [-0.2, 0) is 0 Å². The molecule has 0 saturated carbocycles. The number of hydrogen-bond donors (Lipinski definition) is 2. The lowest BCUT2D eigenvalue weighted by Gasteiger charge is -2.39. The maximum atomic E-state index is 10.3. The van der Waals surface area contributed by atoms with Crippen LogP contribution in [0.3, 0.4) is 0 Å². The summed E-state index contributed by atoms with van der Waals surface area (Å²) in [6, 6.07) is 7.94. The summed E-state index contributed by atoms with van der Waals surface area (Å²) in [5.41, 5.74) is 0.962. The van der Waals surface area contributed by atoms with Crippen molar-refractivity contribution in [1.29, 1.82) is 0 Å². The van der Waals surface area contributed by atoms with E-state index in [1.54, 1.807) is 11.3 Å². The zero-order chi connectivity index (χ0) is 12.7. The van der Waals surface area contributed by atoms with Crippen LogP contribution in [0.4, 0.5) is 0 Å². The quantitative estimate of drug-likeness (QED) is 0.811. The molecule has 2 aromatic rings. The molecule has 0 radical (unpaired) electrons. The fourth-order valence-electron chi connectivity index (χ4n) is 1.12. The molecule has 0 amide bonds. The number of hydrogen-bond acceptors (Lipinski definition) is 5. The summed E-state index contributed by atoms with van der Waals surface area (Å²) in [6.45, 7) is 5.84. The van der Waals surface area contributed by atoms with Gasteiger partial charge in [-0.05, 0) is 53.2 Å². The summed E-state index contributed by atoms with van der Waals surface area (Å²) in [5, 5.41) is 6.02. The summed E-state index contributed by atoms with van der Waals surface area (Å²) in [4.78, 5) is 4.47. The first-order valence-electron chi connectivity index (χ1n) is 5.18. The third kappa shape index (κ3) is 2.77. The molecule has 1 aromatic carbocycles. The van der Waals surface area contributed by atoms with Gasteiger partial charge in [-0.2, -0.15) is 0 Å². The predicted octanol–water partition coefficient (Wildman–Crippen LogP) is 4.25. The van der Waals surface area contributed by atoms with Crippen LogP contribution in [0.15, 0.2) is 28.6 Å². The van der Waals surface area contributed by atoms with Crippen LogP contribution in [0, 0.1) is 0 Å². The van der Waals surface area contributed by atoms with Crippen LogP contribution in [0.2, 0.25) is 0 Å². The summed E-state index contributed by atoms with van der Waals surface area (Å²) in [7, 11) is -0.931. The van der Waals surface area contributed by atoms with Gasteiger partial charge < -0.3 is 4.55 Å². The van der Waals surface area contributed by atoms with E-state index in [0.717, 1.165) is 14.6 Å². The number of benzene rings is 1. The minimum Gasteiger partial charge on any atom is -0.328 e. The molecule has 0 spiro atoms. The molecule has 2 rings (SSSR count). The second-order valence-corrected chi connectivity index (χ2v) is 10.9. The van der Waals surface area contributed by atoms with Crippen molar-refractivity contribution in [2.24, 2.45) is 5.14 Å². The van der Waals surface area contributed by atoms with Crippen LogP contribution in [0.25, 0.3) is 10.2 Å². The predicted molar refractivity (Wildman–Crippen MR) is 79.6 cm³/mol. The van der Waals surface area contributed by atoms with Gasteiger partial charge in [-0.1, -0.05) is 12.1 Å². The van der Waals surface area contributed by atoms with Crippen molar-refractivity contribution < 1.29 is 4.55 Å². The lowest BCUT2D eigenvalue weighted by Crippen LogP contribution is -2.27. The first kappa shape index (κ1) is 13.2. The van der Waals surface area contributed by atoms with E-state index in [1.165, 1.54) is 10.8 Å². The highest BCUT2D eigenvalue weighted by atomic mass is 33.2. The molecular formula is C11H16N2OS3. The van der Waals surface area contributed by atoms with Gasteiger partial charge in [-0.3, -0.25) is 5.14 Å². The zero-order valence-corrected chi connectivity index (χ0v) is 12.5. The molecule has 6 heteroatoms. The van der Waals surface area contributed by atoms with Crippen molar-refractivity contribution in [1.82, 2.24) is 4.98 Å². The highest BCUT2D eigenvalue weighted by molar-refractivity contribution is 8.91. The van der Waals surface area contributed by atoms with Gasteiger partial charge in [0.15, 0.2) is 4.34 Å². The van der Waals surface area contributed by atoms with Gasteiger partial charge in [-0.15, -0.1) is 11.3 Å². The molecule has 1 heterocycles. The number of fused-ring (bicyclic) bond motifs is 1. The number of rotatable bonds is 2. The molecule has 1 aromatic heterocycles. The largest absolute Gasteiger partial charge is 0.328 e. The van der Waals surface area contributed by atoms with Crippen molar-refractivity contribution in [2.45, 2.75) is 29.9 Å². The zero-order valence-electron chi connectivity index (χ0n) is 10.0. The molecule has 0 bridgehead atoms. The van der Waals surface area contributed by atoms with Crippen LogP contribution < -0.4 is 5.14 Å². The van der Waals surface area contributed by atoms with E-state index in [9.17, 15) is 4.55 Å². The Kier molecular flexibility index (Phi) is 3.44. The third-order valence-electron chi connectivity index (χ3n) is 2.35. The minimum absolute atomic E-state index is 0.324. The van der Waals surface area contributed by atoms with Crippen LogP contribution in [-0.4, -0.2) is 14.3 Å². The van der Waals surface area contributed by atoms with E-state index in [-0.39, 0.29) is 4.75 Å². The lowest BCUT2D eigenvalue weighted by molar-refractivity contribution is 0.599. The Bertz CT molecular complexity index is 498. The Labute approximate surface area is 110 Å². The highest BCUT2D eigenvalue weighted by Crippen LogP contribution is 2.62. The van der Waals surface area contributed by atoms with Crippen molar-refractivity contribution >= 4 is 41.9 Å². The minimum atomic E-state index is -2.23. The maximum absolute atomic E-state index is 10.3. The molecule has 0 aliphatic heterocycles. The molecule has 0 aliphatic carbocycles. The van der Waals surface area contributed by atoms with E-state index in [1.807, 2.05) is 45.0 Å². The molecular weight excluding hydrogens is 272 g/mol. The molecule has 1 unspecified atom stereocenters. The summed E-state index contributed by atoms with van der Waals surface area (Å²) >= 11 is 1.57. The number of nitrogens with zero attached hydrogens (tertiary/aromatic N) is 1. The van der Waals surface area contributed by atoms with Gasteiger partial charge in [0, 0.05) is 4.75 Å². The van der Waals surface area contributed by atoms with E-state index >= 15 is 0 Å². The fraction of sp³-hybridized carbons (Fsp3) is 0.364. The van der Waals surface area contributed by atoms with Crippen molar-refractivity contribution in [3.05, 3.63) is 24.3 Å². The molecule has 0 saturated heterocycles. The van der Waals surface area contributed by atoms with E-state index in [0.29, 0.717) is 0 Å². The number of nitrogens with two attached hydrogens (primary N) is 1. The maximum Gasteiger partial charge on any atom is 0.163 e. The van der Waals surface area contributed by atoms with Gasteiger partial charge in [0.25, 0.3) is 0 Å². The summed E-state index contributed by atoms with van der Waals surface area (Å²) in [6.07, 6.45) is 0.